The van der Waals surface area contributed by atoms with Crippen molar-refractivity contribution in [3.63, 3.8) is 0 Å². The van der Waals surface area contributed by atoms with E-state index < -0.39 is 0 Å². The van der Waals surface area contributed by atoms with Gasteiger partial charge in [-0.3, -0.25) is 0 Å². The molecule has 1 aliphatic carbocycles. The van der Waals surface area contributed by atoms with Crippen molar-refractivity contribution in [3.8, 4) is 6.07 Å². The fourth-order valence-corrected chi connectivity index (χ4v) is 2.57. The molecule has 1 fully saturated rings. The van der Waals surface area contributed by atoms with Gasteiger partial charge < -0.3 is 10.6 Å². The van der Waals surface area contributed by atoms with Gasteiger partial charge in [-0.1, -0.05) is 0 Å². The Morgan fingerprint density at radius 2 is 2.40 bits per heavy atom. The van der Waals surface area contributed by atoms with E-state index in [1.165, 1.54) is 24.2 Å². The van der Waals surface area contributed by atoms with Gasteiger partial charge in [-0.05, 0) is 31.7 Å². The first-order valence-corrected chi connectivity index (χ1v) is 6.10. The van der Waals surface area contributed by atoms with Crippen LogP contribution in [0.3, 0.4) is 0 Å². The van der Waals surface area contributed by atoms with Crippen LogP contribution in [0.5, 0.6) is 0 Å². The Balaban J connectivity index is 2.14. The highest BCUT2D eigenvalue weighted by atomic mass is 32.1. The Labute approximate surface area is 94.1 Å². The van der Waals surface area contributed by atoms with Crippen molar-refractivity contribution in [3.05, 3.63) is 10.9 Å². The summed E-state index contributed by atoms with van der Waals surface area (Å²) in [6.07, 6.45) is 2.70. The highest BCUT2D eigenvalue weighted by Crippen LogP contribution is 2.35. The van der Waals surface area contributed by atoms with Crippen LogP contribution < -0.4 is 10.6 Å². The van der Waals surface area contributed by atoms with Gasteiger partial charge in [0.25, 0.3) is 0 Å². The molecule has 1 aliphatic rings. The fourth-order valence-electron chi connectivity index (χ4n) is 1.62. The first-order valence-electron chi connectivity index (χ1n) is 5.29. The van der Waals surface area contributed by atoms with Gasteiger partial charge in [-0.25, -0.2) is 0 Å². The van der Waals surface area contributed by atoms with Crippen LogP contribution in [0.15, 0.2) is 6.07 Å². The molecule has 1 aromatic heterocycles. The third kappa shape index (κ3) is 2.24. The van der Waals surface area contributed by atoms with Crippen LogP contribution in [0, 0.1) is 17.2 Å². The molecular formula is C11H15N3S. The number of rotatable bonds is 4. The third-order valence-corrected chi connectivity index (χ3v) is 3.83. The SMILES string of the molecule is CCN(CC1CC1)c1cc(N)c(C#N)s1. The quantitative estimate of drug-likeness (QED) is 0.849. The van der Waals surface area contributed by atoms with Gasteiger partial charge in [0.1, 0.15) is 10.9 Å². The zero-order valence-corrected chi connectivity index (χ0v) is 9.68. The third-order valence-electron chi connectivity index (χ3n) is 2.72. The summed E-state index contributed by atoms with van der Waals surface area (Å²) in [5.74, 6) is 0.860. The topological polar surface area (TPSA) is 53.0 Å². The lowest BCUT2D eigenvalue weighted by atomic mass is 10.3. The second kappa shape index (κ2) is 4.11. The maximum absolute atomic E-state index is 8.84. The van der Waals surface area contributed by atoms with E-state index in [0.717, 1.165) is 24.0 Å². The van der Waals surface area contributed by atoms with E-state index in [0.29, 0.717) is 10.6 Å². The lowest BCUT2D eigenvalue weighted by molar-refractivity contribution is 0.747. The minimum atomic E-state index is 0.617. The first-order chi connectivity index (χ1) is 7.24. The summed E-state index contributed by atoms with van der Waals surface area (Å²) < 4.78 is 0. The average molecular weight is 221 g/mol. The Morgan fingerprint density at radius 3 is 2.87 bits per heavy atom. The summed E-state index contributed by atoms with van der Waals surface area (Å²) >= 11 is 1.50. The van der Waals surface area contributed by atoms with Gasteiger partial charge in [-0.2, -0.15) is 5.26 Å². The van der Waals surface area contributed by atoms with Gasteiger partial charge in [0.05, 0.1) is 10.7 Å². The predicted molar refractivity (Wildman–Crippen MR) is 64.1 cm³/mol. The van der Waals surface area contributed by atoms with Crippen molar-refractivity contribution in [2.24, 2.45) is 5.92 Å². The van der Waals surface area contributed by atoms with Crippen molar-refractivity contribution in [2.75, 3.05) is 23.7 Å². The van der Waals surface area contributed by atoms with Crippen molar-refractivity contribution in [2.45, 2.75) is 19.8 Å². The van der Waals surface area contributed by atoms with Gasteiger partial charge in [0.2, 0.25) is 0 Å². The molecule has 0 atom stereocenters. The van der Waals surface area contributed by atoms with Gasteiger partial charge in [-0.15, -0.1) is 11.3 Å². The summed E-state index contributed by atoms with van der Waals surface area (Å²) in [4.78, 5) is 2.96. The molecule has 0 bridgehead atoms. The molecule has 0 spiro atoms. The lowest BCUT2D eigenvalue weighted by Gasteiger charge is -2.20. The van der Waals surface area contributed by atoms with Crippen molar-refractivity contribution >= 4 is 22.0 Å². The molecule has 80 valence electrons. The van der Waals surface area contributed by atoms with Crippen LogP contribution in [0.25, 0.3) is 0 Å². The zero-order valence-electron chi connectivity index (χ0n) is 8.86. The molecule has 0 unspecified atom stereocenters. The maximum atomic E-state index is 8.84. The van der Waals surface area contributed by atoms with Crippen LogP contribution in [0.1, 0.15) is 24.6 Å². The molecule has 0 aromatic carbocycles. The molecule has 0 radical (unpaired) electrons. The number of anilines is 2. The van der Waals surface area contributed by atoms with Crippen LogP contribution >= 0.6 is 11.3 Å². The average Bonchev–Trinajstić information content (AvgIpc) is 2.98. The molecule has 1 heterocycles. The minimum Gasteiger partial charge on any atom is -0.397 e. The summed E-state index contributed by atoms with van der Waals surface area (Å²) in [5.41, 5.74) is 6.37. The largest absolute Gasteiger partial charge is 0.397 e. The van der Waals surface area contributed by atoms with E-state index in [4.69, 9.17) is 11.0 Å². The maximum Gasteiger partial charge on any atom is 0.129 e. The number of nitrogens with two attached hydrogens (primary N) is 1. The van der Waals surface area contributed by atoms with E-state index >= 15 is 0 Å². The molecule has 4 heteroatoms. The zero-order chi connectivity index (χ0) is 10.8. The number of nitrogen functional groups attached to an aromatic ring is 1. The summed E-state index contributed by atoms with van der Waals surface area (Å²) in [7, 11) is 0. The second-order valence-corrected chi connectivity index (χ2v) is 4.99. The van der Waals surface area contributed by atoms with Crippen molar-refractivity contribution < 1.29 is 0 Å². The van der Waals surface area contributed by atoms with E-state index in [1.807, 2.05) is 6.07 Å². The standard InChI is InChI=1S/C11H15N3S/c1-2-14(7-8-3-4-8)11-5-9(13)10(6-12)15-11/h5,8H,2-4,7,13H2,1H3. The molecule has 0 aliphatic heterocycles. The molecule has 2 N–H and O–H groups in total. The monoisotopic (exact) mass is 221 g/mol. The summed E-state index contributed by atoms with van der Waals surface area (Å²) in [5, 5.41) is 9.98. The lowest BCUT2D eigenvalue weighted by Crippen LogP contribution is -2.24. The highest BCUT2D eigenvalue weighted by molar-refractivity contribution is 7.17. The van der Waals surface area contributed by atoms with E-state index in [1.54, 1.807) is 0 Å². The van der Waals surface area contributed by atoms with Crippen LogP contribution in [-0.2, 0) is 0 Å². The number of hydrogen-bond donors (Lipinski definition) is 1. The van der Waals surface area contributed by atoms with Crippen LogP contribution in [-0.4, -0.2) is 13.1 Å². The Bertz CT molecular complexity index is 387. The Hall–Kier alpha value is -1.21. The molecule has 1 aromatic rings. The van der Waals surface area contributed by atoms with Gasteiger partial charge in [0, 0.05) is 13.1 Å². The van der Waals surface area contributed by atoms with Crippen LogP contribution in [0.4, 0.5) is 10.7 Å². The van der Waals surface area contributed by atoms with Crippen LogP contribution in [0.2, 0.25) is 0 Å². The molecule has 15 heavy (non-hydrogen) atoms. The number of nitriles is 1. The molecule has 3 nitrogen and oxygen atoms in total. The molecule has 2 rings (SSSR count). The second-order valence-electron chi connectivity index (χ2n) is 3.96. The Kier molecular flexibility index (Phi) is 2.83. The normalized spacial score (nSPS) is 14.9. The van der Waals surface area contributed by atoms with Gasteiger partial charge in [0.15, 0.2) is 0 Å². The van der Waals surface area contributed by atoms with Crippen molar-refractivity contribution in [1.29, 1.82) is 5.26 Å². The Morgan fingerprint density at radius 1 is 1.67 bits per heavy atom. The minimum absolute atomic E-state index is 0.617. The fraction of sp³-hybridized carbons (Fsp3) is 0.545. The molecule has 0 amide bonds. The number of hydrogen-bond acceptors (Lipinski definition) is 4. The molecule has 0 saturated heterocycles. The van der Waals surface area contributed by atoms with Gasteiger partial charge >= 0.3 is 0 Å². The first kappa shape index (κ1) is 10.3. The molecule has 1 saturated carbocycles. The summed E-state index contributed by atoms with van der Waals surface area (Å²) in [6.45, 7) is 4.24. The van der Waals surface area contributed by atoms with E-state index in [9.17, 15) is 0 Å². The highest BCUT2D eigenvalue weighted by Gasteiger charge is 2.24. The predicted octanol–water partition coefficient (Wildman–Crippen LogP) is 2.44. The molecular weight excluding hydrogens is 206 g/mol. The van der Waals surface area contributed by atoms with E-state index in [-0.39, 0.29) is 0 Å². The van der Waals surface area contributed by atoms with E-state index in [2.05, 4.69) is 17.9 Å². The number of nitrogens with zero attached hydrogens (tertiary/aromatic N) is 2. The van der Waals surface area contributed by atoms with Crippen molar-refractivity contribution in [1.82, 2.24) is 0 Å². The smallest absolute Gasteiger partial charge is 0.129 e. The number of thiophene rings is 1. The summed E-state index contributed by atoms with van der Waals surface area (Å²) in [6, 6.07) is 4.06.